The summed E-state index contributed by atoms with van der Waals surface area (Å²) in [5, 5.41) is 3.11. The minimum Gasteiger partial charge on any atom is -0.504 e. The highest BCUT2D eigenvalue weighted by Crippen LogP contribution is 2.47. The largest absolute Gasteiger partial charge is 0.504 e. The first-order chi connectivity index (χ1) is 13.6. The first-order valence-electron chi connectivity index (χ1n) is 10.1. The van der Waals surface area contributed by atoms with Crippen LogP contribution < -0.4 is 10.2 Å². The zero-order valence-electron chi connectivity index (χ0n) is 16.8. The first kappa shape index (κ1) is 19.0. The Hall–Kier alpha value is -2.34. The molecule has 150 valence electrons. The second-order valence-electron chi connectivity index (χ2n) is 8.20. The fraction of sp³-hybridized carbons (Fsp3) is 0.545. The van der Waals surface area contributed by atoms with E-state index >= 15 is 0 Å². The summed E-state index contributed by atoms with van der Waals surface area (Å²) in [5.74, 6) is 0.165. The number of hydrogen-bond acceptors (Lipinski definition) is 4. The highest BCUT2D eigenvalue weighted by Gasteiger charge is 2.63. The van der Waals surface area contributed by atoms with Gasteiger partial charge in [0.1, 0.15) is 11.5 Å². The molecule has 3 aliphatic heterocycles. The molecule has 5 unspecified atom stereocenters. The molecule has 0 bridgehead atoms. The molecule has 3 aliphatic rings. The van der Waals surface area contributed by atoms with Gasteiger partial charge in [-0.1, -0.05) is 25.1 Å². The van der Waals surface area contributed by atoms with Crippen LogP contribution in [0.3, 0.4) is 0 Å². The molecule has 1 aromatic rings. The summed E-state index contributed by atoms with van der Waals surface area (Å²) in [5.41, 5.74) is 2.13. The van der Waals surface area contributed by atoms with E-state index in [1.54, 1.807) is 7.11 Å². The van der Waals surface area contributed by atoms with Gasteiger partial charge in [0.25, 0.3) is 0 Å². The molecule has 1 amide bonds. The number of rotatable bonds is 4. The molecule has 2 saturated heterocycles. The van der Waals surface area contributed by atoms with Gasteiger partial charge < -0.3 is 19.7 Å². The number of anilines is 1. The molecule has 3 heterocycles. The molecule has 6 heteroatoms. The molecule has 1 spiro atoms. The summed E-state index contributed by atoms with van der Waals surface area (Å²) < 4.78 is 10.3. The monoisotopic (exact) mass is 385 g/mol. The average Bonchev–Trinajstić information content (AvgIpc) is 3.23. The summed E-state index contributed by atoms with van der Waals surface area (Å²) in [4.78, 5) is 27.2. The van der Waals surface area contributed by atoms with E-state index in [2.05, 4.69) is 18.3 Å². The third kappa shape index (κ3) is 2.65. The van der Waals surface area contributed by atoms with E-state index in [4.69, 9.17) is 9.47 Å². The van der Waals surface area contributed by atoms with Gasteiger partial charge in [0.05, 0.1) is 39.1 Å². The van der Waals surface area contributed by atoms with Crippen LogP contribution in [0.25, 0.3) is 0 Å². The van der Waals surface area contributed by atoms with Gasteiger partial charge in [-0.25, -0.2) is 4.79 Å². The van der Waals surface area contributed by atoms with E-state index in [0.29, 0.717) is 11.5 Å². The Kier molecular flexibility index (Phi) is 4.91. The van der Waals surface area contributed by atoms with Crippen molar-refractivity contribution in [1.82, 2.24) is 0 Å². The Morgan fingerprint density at radius 2 is 2.14 bits per heavy atom. The van der Waals surface area contributed by atoms with Crippen molar-refractivity contribution in [3.63, 3.8) is 0 Å². The van der Waals surface area contributed by atoms with Crippen LogP contribution in [0.4, 0.5) is 5.69 Å². The van der Waals surface area contributed by atoms with Gasteiger partial charge >= 0.3 is 5.97 Å². The number of quaternary nitrogens is 1. The number of hydrogen-bond donors (Lipinski definition) is 2. The Morgan fingerprint density at radius 3 is 2.86 bits per heavy atom. The molecule has 0 aromatic heterocycles. The number of nitrogens with one attached hydrogen (secondary N) is 2. The summed E-state index contributed by atoms with van der Waals surface area (Å²) in [6, 6.07) is 8.20. The number of benzene rings is 1. The van der Waals surface area contributed by atoms with Crippen LogP contribution >= 0.6 is 0 Å². The van der Waals surface area contributed by atoms with Crippen molar-refractivity contribution >= 4 is 17.6 Å². The lowest BCUT2D eigenvalue weighted by Gasteiger charge is -2.42. The maximum atomic E-state index is 13.2. The van der Waals surface area contributed by atoms with Gasteiger partial charge in [-0.3, -0.25) is 4.79 Å². The predicted octanol–water partition coefficient (Wildman–Crippen LogP) is 1.28. The van der Waals surface area contributed by atoms with Crippen molar-refractivity contribution in [3.8, 4) is 0 Å². The number of piperidine rings is 1. The number of carbonyl (C=O) groups excluding carboxylic acids is 2. The molecule has 2 N–H and O–H groups in total. The SMILES string of the molecule is CCC1C[NH+]2CCC3(C(=O)Nc4ccccc43)C2CC1C(=COC)C(=O)OC. The molecule has 4 rings (SSSR count). The lowest BCUT2D eigenvalue weighted by molar-refractivity contribution is -0.924. The van der Waals surface area contributed by atoms with Gasteiger partial charge in [0.2, 0.25) is 5.91 Å². The number of amides is 1. The number of methoxy groups -OCH3 is 2. The Bertz CT molecular complexity index is 821. The minimum atomic E-state index is -0.503. The maximum Gasteiger partial charge on any atom is 0.337 e. The quantitative estimate of drug-likeness (QED) is 0.466. The number of fused-ring (bicyclic) bond motifs is 4. The second kappa shape index (κ2) is 7.24. The highest BCUT2D eigenvalue weighted by atomic mass is 16.5. The standard InChI is InChI=1S/C22H28N2O4/c1-4-14-12-24-10-9-22(17-7-5-6-8-18(17)23-21(22)26)19(24)11-15(14)16(13-27-2)20(25)28-3/h5-8,13-15,19H,4,9-12H2,1-3H3,(H,23,26)/p+1. The smallest absolute Gasteiger partial charge is 0.337 e. The van der Waals surface area contributed by atoms with E-state index in [1.807, 2.05) is 18.2 Å². The average molecular weight is 385 g/mol. The zero-order chi connectivity index (χ0) is 19.9. The first-order valence-corrected chi connectivity index (χ1v) is 10.1. The van der Waals surface area contributed by atoms with E-state index in [9.17, 15) is 9.59 Å². The lowest BCUT2D eigenvalue weighted by Crippen LogP contribution is -3.16. The second-order valence-corrected chi connectivity index (χ2v) is 8.20. The molecule has 0 saturated carbocycles. The molecular weight excluding hydrogens is 356 g/mol. The number of ether oxygens (including phenoxy) is 2. The van der Waals surface area contributed by atoms with Crippen LogP contribution in [0.5, 0.6) is 0 Å². The van der Waals surface area contributed by atoms with Crippen LogP contribution in [0.2, 0.25) is 0 Å². The summed E-state index contributed by atoms with van der Waals surface area (Å²) in [7, 11) is 2.97. The maximum absolute atomic E-state index is 13.2. The van der Waals surface area contributed by atoms with Gasteiger partial charge in [0.15, 0.2) is 0 Å². The molecule has 1 aromatic carbocycles. The van der Waals surface area contributed by atoms with Crippen LogP contribution in [0.1, 0.15) is 31.7 Å². The molecule has 28 heavy (non-hydrogen) atoms. The van der Waals surface area contributed by atoms with E-state index < -0.39 is 5.41 Å². The summed E-state index contributed by atoms with van der Waals surface area (Å²) in [6.45, 7) is 4.11. The molecule has 6 nitrogen and oxygen atoms in total. The fourth-order valence-electron chi connectivity index (χ4n) is 5.87. The van der Waals surface area contributed by atoms with Crippen molar-refractivity contribution in [2.24, 2.45) is 11.8 Å². The fourth-order valence-corrected chi connectivity index (χ4v) is 5.87. The third-order valence-electron chi connectivity index (χ3n) is 7.16. The van der Waals surface area contributed by atoms with Gasteiger partial charge in [0, 0.05) is 30.4 Å². The predicted molar refractivity (Wildman–Crippen MR) is 105 cm³/mol. The Balaban J connectivity index is 1.74. The normalized spacial score (nSPS) is 34.0. The van der Waals surface area contributed by atoms with Crippen molar-refractivity contribution in [2.45, 2.75) is 37.6 Å². The highest BCUT2D eigenvalue weighted by molar-refractivity contribution is 6.07. The lowest BCUT2D eigenvalue weighted by atomic mass is 9.67. The van der Waals surface area contributed by atoms with E-state index in [1.165, 1.54) is 18.3 Å². The van der Waals surface area contributed by atoms with Gasteiger partial charge in [-0.2, -0.15) is 0 Å². The Morgan fingerprint density at radius 1 is 1.36 bits per heavy atom. The van der Waals surface area contributed by atoms with Crippen molar-refractivity contribution < 1.29 is 24.0 Å². The summed E-state index contributed by atoms with van der Waals surface area (Å²) >= 11 is 0. The van der Waals surface area contributed by atoms with Crippen molar-refractivity contribution in [3.05, 3.63) is 41.7 Å². The zero-order valence-corrected chi connectivity index (χ0v) is 16.8. The summed E-state index contributed by atoms with van der Waals surface area (Å²) in [6.07, 6.45) is 4.14. The third-order valence-corrected chi connectivity index (χ3v) is 7.16. The van der Waals surface area contributed by atoms with Crippen LogP contribution in [-0.4, -0.2) is 45.2 Å². The molecule has 0 radical (unpaired) electrons. The molecule has 0 aliphatic carbocycles. The number of para-hydroxylation sites is 1. The van der Waals surface area contributed by atoms with Crippen molar-refractivity contribution in [2.75, 3.05) is 32.6 Å². The number of esters is 1. The molecule has 2 fully saturated rings. The molecule has 5 atom stereocenters. The minimum absolute atomic E-state index is 0.0293. The van der Waals surface area contributed by atoms with E-state index in [0.717, 1.165) is 43.6 Å². The topological polar surface area (TPSA) is 69.1 Å². The Labute approximate surface area is 165 Å². The van der Waals surface area contributed by atoms with Crippen LogP contribution in [-0.2, 0) is 24.5 Å². The van der Waals surface area contributed by atoms with Crippen molar-refractivity contribution in [1.29, 1.82) is 0 Å². The van der Waals surface area contributed by atoms with Crippen LogP contribution in [0, 0.1) is 11.8 Å². The van der Waals surface area contributed by atoms with E-state index in [-0.39, 0.29) is 23.8 Å². The van der Waals surface area contributed by atoms with Gasteiger partial charge in [-0.05, 0) is 18.1 Å². The van der Waals surface area contributed by atoms with Crippen LogP contribution in [0.15, 0.2) is 36.1 Å². The molecular formula is C22H29N2O4+. The number of carbonyl (C=O) groups is 2. The van der Waals surface area contributed by atoms with Gasteiger partial charge in [-0.15, -0.1) is 0 Å².